The zero-order chi connectivity index (χ0) is 25.4. The average Bonchev–Trinajstić information content (AvgIpc) is 2.78. The van der Waals surface area contributed by atoms with Gasteiger partial charge in [0, 0.05) is 29.8 Å². The normalized spacial score (nSPS) is 16.6. The van der Waals surface area contributed by atoms with E-state index >= 15 is 0 Å². The number of benzene rings is 2. The standard InChI is InChI=1S/C28H39N5O2/c1-28(2,3)25(29)19-26(30-21-12-9-13-22(18-21)35-17-16-33(4)5)32-27(34)31-24-15-8-11-20-10-6-7-14-23(20)24/h6-7,9-10,12-14,18-19,24H,8,11,15-17,29H2,1-5H3,(H2,30,31,32,34)/b25-19-/t24-/m0/s1. The lowest BCUT2D eigenvalue weighted by Crippen LogP contribution is -2.42. The SMILES string of the molecule is CN(C)CCOc1cccc(N=C(/C=C(\N)C(C)(C)C)NC(=O)N[C@H]2CCCc3ccccc32)c1. The molecule has 0 spiro atoms. The van der Waals surface area contributed by atoms with E-state index in [2.05, 4.69) is 27.7 Å². The number of carbonyl (C=O) groups excluding carboxylic acids is 1. The number of nitrogens with two attached hydrogens (primary N) is 1. The third kappa shape index (κ3) is 8.14. The fraction of sp³-hybridized carbons (Fsp3) is 0.429. The van der Waals surface area contributed by atoms with Crippen molar-refractivity contribution in [2.75, 3.05) is 27.2 Å². The number of hydrogen-bond donors (Lipinski definition) is 3. The Hall–Kier alpha value is -3.32. The Kier molecular flexibility index (Phi) is 8.93. The van der Waals surface area contributed by atoms with E-state index in [9.17, 15) is 4.79 Å². The van der Waals surface area contributed by atoms with Crippen LogP contribution >= 0.6 is 0 Å². The lowest BCUT2D eigenvalue weighted by Gasteiger charge is -2.26. The zero-order valence-corrected chi connectivity index (χ0v) is 21.6. The number of hydrogen-bond acceptors (Lipinski definition) is 5. The molecule has 0 unspecified atom stereocenters. The molecule has 188 valence electrons. The number of amides is 2. The van der Waals surface area contributed by atoms with E-state index in [1.54, 1.807) is 6.08 Å². The number of aliphatic imine (C=N–C) groups is 1. The molecule has 1 aliphatic carbocycles. The van der Waals surface area contributed by atoms with Crippen molar-refractivity contribution in [1.82, 2.24) is 15.5 Å². The van der Waals surface area contributed by atoms with Crippen LogP contribution in [0.15, 0.2) is 65.3 Å². The van der Waals surface area contributed by atoms with Crippen LogP contribution in [0.1, 0.15) is 50.8 Å². The molecule has 2 amide bonds. The number of rotatable bonds is 7. The van der Waals surface area contributed by atoms with Crippen molar-refractivity contribution in [1.29, 1.82) is 0 Å². The van der Waals surface area contributed by atoms with Gasteiger partial charge in [-0.05, 0) is 56.6 Å². The fourth-order valence-electron chi connectivity index (χ4n) is 3.80. The number of carbonyl (C=O) groups is 1. The number of nitrogens with one attached hydrogen (secondary N) is 2. The third-order valence-corrected chi connectivity index (χ3v) is 5.95. The predicted molar refractivity (Wildman–Crippen MR) is 143 cm³/mol. The summed E-state index contributed by atoms with van der Waals surface area (Å²) in [6.07, 6.45) is 4.72. The van der Waals surface area contributed by atoms with Gasteiger partial charge in [-0.2, -0.15) is 0 Å². The molecule has 3 rings (SSSR count). The number of likely N-dealkylation sites (N-methyl/N-ethyl adjacent to an activating group) is 1. The van der Waals surface area contributed by atoms with Crippen LogP contribution in [0.2, 0.25) is 0 Å². The molecular weight excluding hydrogens is 438 g/mol. The van der Waals surface area contributed by atoms with Crippen molar-refractivity contribution in [3.05, 3.63) is 71.4 Å². The van der Waals surface area contributed by atoms with Gasteiger partial charge in [-0.25, -0.2) is 9.79 Å². The van der Waals surface area contributed by atoms with Gasteiger partial charge in [-0.1, -0.05) is 51.1 Å². The number of nitrogens with zero attached hydrogens (tertiary/aromatic N) is 2. The molecular formula is C28H39N5O2. The smallest absolute Gasteiger partial charge is 0.320 e. The van der Waals surface area contributed by atoms with E-state index in [1.165, 1.54) is 11.1 Å². The van der Waals surface area contributed by atoms with E-state index in [0.717, 1.165) is 31.6 Å². The predicted octanol–water partition coefficient (Wildman–Crippen LogP) is 4.92. The molecule has 0 heterocycles. The number of fused-ring (bicyclic) bond motifs is 1. The van der Waals surface area contributed by atoms with E-state index in [1.807, 2.05) is 71.3 Å². The maximum Gasteiger partial charge on any atom is 0.320 e. The Morgan fingerprint density at radius 2 is 1.97 bits per heavy atom. The highest BCUT2D eigenvalue weighted by Gasteiger charge is 2.22. The molecule has 0 bridgehead atoms. The Morgan fingerprint density at radius 3 is 2.71 bits per heavy atom. The quantitative estimate of drug-likeness (QED) is 0.390. The van der Waals surface area contributed by atoms with Crippen molar-refractivity contribution >= 4 is 17.6 Å². The molecule has 1 atom stereocenters. The summed E-state index contributed by atoms with van der Waals surface area (Å²) in [5.41, 5.74) is 9.83. The Morgan fingerprint density at radius 1 is 1.20 bits per heavy atom. The van der Waals surface area contributed by atoms with Crippen molar-refractivity contribution < 1.29 is 9.53 Å². The summed E-state index contributed by atoms with van der Waals surface area (Å²) in [5.74, 6) is 1.10. The van der Waals surface area contributed by atoms with Gasteiger partial charge in [0.2, 0.25) is 0 Å². The summed E-state index contributed by atoms with van der Waals surface area (Å²) < 4.78 is 5.84. The molecule has 7 nitrogen and oxygen atoms in total. The Labute approximate surface area is 209 Å². The molecule has 1 aliphatic rings. The van der Waals surface area contributed by atoms with E-state index in [0.29, 0.717) is 23.8 Å². The summed E-state index contributed by atoms with van der Waals surface area (Å²) in [4.78, 5) is 19.8. The van der Waals surface area contributed by atoms with Crippen molar-refractivity contribution in [2.24, 2.45) is 16.1 Å². The first kappa shape index (κ1) is 26.3. The van der Waals surface area contributed by atoms with Crippen molar-refractivity contribution in [3.63, 3.8) is 0 Å². The van der Waals surface area contributed by atoms with E-state index in [-0.39, 0.29) is 17.5 Å². The van der Waals surface area contributed by atoms with Crippen molar-refractivity contribution in [2.45, 2.75) is 46.1 Å². The van der Waals surface area contributed by atoms with Gasteiger partial charge in [0.25, 0.3) is 0 Å². The summed E-state index contributed by atoms with van der Waals surface area (Å²) in [6, 6.07) is 15.5. The topological polar surface area (TPSA) is 92.0 Å². The molecule has 0 saturated carbocycles. The van der Waals surface area contributed by atoms with Gasteiger partial charge >= 0.3 is 6.03 Å². The summed E-state index contributed by atoms with van der Waals surface area (Å²) in [7, 11) is 4.01. The molecule has 4 N–H and O–H groups in total. The molecule has 7 heteroatoms. The van der Waals surface area contributed by atoms with Gasteiger partial charge in [-0.3, -0.25) is 5.32 Å². The third-order valence-electron chi connectivity index (χ3n) is 5.95. The fourth-order valence-corrected chi connectivity index (χ4v) is 3.80. The Balaban J connectivity index is 1.79. The van der Waals surface area contributed by atoms with E-state index in [4.69, 9.17) is 15.5 Å². The highest BCUT2D eigenvalue weighted by Crippen LogP contribution is 2.29. The Bertz CT molecular complexity index is 1070. The molecule has 35 heavy (non-hydrogen) atoms. The molecule has 0 radical (unpaired) electrons. The van der Waals surface area contributed by atoms with Crippen molar-refractivity contribution in [3.8, 4) is 5.75 Å². The summed E-state index contributed by atoms with van der Waals surface area (Å²) >= 11 is 0. The van der Waals surface area contributed by atoms with Crippen LogP contribution in [0.5, 0.6) is 5.75 Å². The highest BCUT2D eigenvalue weighted by molar-refractivity contribution is 6.05. The van der Waals surface area contributed by atoms with Gasteiger partial charge in [0.15, 0.2) is 0 Å². The lowest BCUT2D eigenvalue weighted by atomic mass is 9.88. The van der Waals surface area contributed by atoms with E-state index < -0.39 is 0 Å². The van der Waals surface area contributed by atoms with Crippen LogP contribution in [0.25, 0.3) is 0 Å². The largest absolute Gasteiger partial charge is 0.492 e. The first-order valence-corrected chi connectivity index (χ1v) is 12.2. The van der Waals surface area contributed by atoms with Crippen LogP contribution < -0.4 is 21.1 Å². The minimum absolute atomic E-state index is 0.0291. The minimum Gasteiger partial charge on any atom is -0.492 e. The summed E-state index contributed by atoms with van der Waals surface area (Å²) in [6.45, 7) is 7.46. The lowest BCUT2D eigenvalue weighted by molar-refractivity contribution is 0.240. The average molecular weight is 478 g/mol. The molecule has 0 aliphatic heterocycles. The molecule has 2 aromatic carbocycles. The molecule has 0 aromatic heterocycles. The molecule has 0 saturated heterocycles. The number of ether oxygens (including phenoxy) is 1. The maximum absolute atomic E-state index is 13.0. The van der Waals surface area contributed by atoms with Crippen LogP contribution in [0.4, 0.5) is 10.5 Å². The van der Waals surface area contributed by atoms with Gasteiger partial charge in [0.05, 0.1) is 11.7 Å². The maximum atomic E-state index is 13.0. The summed E-state index contributed by atoms with van der Waals surface area (Å²) in [5, 5.41) is 6.04. The highest BCUT2D eigenvalue weighted by atomic mass is 16.5. The molecule has 2 aromatic rings. The number of allylic oxidation sites excluding steroid dienone is 1. The van der Waals surface area contributed by atoms with Gasteiger partial charge in [0.1, 0.15) is 18.2 Å². The van der Waals surface area contributed by atoms with Crippen LogP contribution in [0, 0.1) is 5.41 Å². The first-order chi connectivity index (χ1) is 16.6. The van der Waals surface area contributed by atoms with Crippen LogP contribution in [-0.2, 0) is 6.42 Å². The monoisotopic (exact) mass is 477 g/mol. The van der Waals surface area contributed by atoms with Crippen LogP contribution in [-0.4, -0.2) is 44.0 Å². The van der Waals surface area contributed by atoms with Gasteiger partial charge < -0.3 is 20.7 Å². The zero-order valence-electron chi connectivity index (χ0n) is 21.6. The number of amidine groups is 1. The second kappa shape index (κ2) is 11.9. The van der Waals surface area contributed by atoms with Crippen LogP contribution in [0.3, 0.4) is 0 Å². The molecule has 0 fully saturated rings. The second-order valence-electron chi connectivity index (χ2n) is 10.2. The number of aryl methyl sites for hydroxylation is 1. The minimum atomic E-state index is -0.304. The number of urea groups is 1. The first-order valence-electron chi connectivity index (χ1n) is 12.2. The van der Waals surface area contributed by atoms with Gasteiger partial charge in [-0.15, -0.1) is 0 Å². The second-order valence-corrected chi connectivity index (χ2v) is 10.2.